The summed E-state index contributed by atoms with van der Waals surface area (Å²) in [7, 11) is 0. The average Bonchev–Trinajstić information content (AvgIpc) is 2.98. The van der Waals surface area contributed by atoms with Gasteiger partial charge < -0.3 is 0 Å². The Balaban J connectivity index is 2.20. The largest absolute Gasteiger partial charge is 0.235 e. The standard InChI is InChI=1S/C11H10BrNO/c12-11-5-8(6-13-7-14)1-4-10(11)9-2-3-9/h1,4-5,9H,2-3,6H2. The minimum atomic E-state index is 0.424. The van der Waals surface area contributed by atoms with E-state index in [0.717, 1.165) is 16.0 Å². The Labute approximate surface area is 91.2 Å². The second kappa shape index (κ2) is 4.07. The third kappa shape index (κ3) is 2.11. The zero-order valence-corrected chi connectivity index (χ0v) is 9.25. The first kappa shape index (κ1) is 9.63. The molecule has 2 nitrogen and oxygen atoms in total. The smallest absolute Gasteiger partial charge is 0.211 e. The molecule has 0 aliphatic heterocycles. The van der Waals surface area contributed by atoms with Crippen molar-refractivity contribution >= 4 is 22.0 Å². The number of rotatable bonds is 3. The lowest BCUT2D eigenvalue weighted by molar-refractivity contribution is 0.563. The van der Waals surface area contributed by atoms with Crippen molar-refractivity contribution in [1.29, 1.82) is 0 Å². The molecule has 0 amide bonds. The minimum Gasteiger partial charge on any atom is -0.211 e. The molecule has 1 aliphatic rings. The van der Waals surface area contributed by atoms with Crippen molar-refractivity contribution in [2.75, 3.05) is 0 Å². The Morgan fingerprint density at radius 1 is 1.50 bits per heavy atom. The Kier molecular flexibility index (Phi) is 2.80. The number of halogens is 1. The molecule has 1 saturated carbocycles. The Morgan fingerprint density at radius 3 is 2.86 bits per heavy atom. The second-order valence-corrected chi connectivity index (χ2v) is 4.39. The van der Waals surface area contributed by atoms with Crippen LogP contribution in [0.2, 0.25) is 0 Å². The van der Waals surface area contributed by atoms with Crippen molar-refractivity contribution in [1.82, 2.24) is 0 Å². The molecule has 0 bridgehead atoms. The Bertz CT molecular complexity index is 392. The highest BCUT2D eigenvalue weighted by Crippen LogP contribution is 2.43. The van der Waals surface area contributed by atoms with Gasteiger partial charge in [0.25, 0.3) is 0 Å². The molecule has 72 valence electrons. The van der Waals surface area contributed by atoms with Crippen LogP contribution in [0.25, 0.3) is 0 Å². The molecule has 1 aromatic carbocycles. The Hall–Kier alpha value is -0.920. The summed E-state index contributed by atoms with van der Waals surface area (Å²) in [6.07, 6.45) is 4.14. The van der Waals surface area contributed by atoms with Gasteiger partial charge in [0.15, 0.2) is 0 Å². The highest BCUT2D eigenvalue weighted by molar-refractivity contribution is 9.10. The number of hydrogen-bond acceptors (Lipinski definition) is 2. The highest BCUT2D eigenvalue weighted by Gasteiger charge is 2.25. The van der Waals surface area contributed by atoms with Crippen LogP contribution < -0.4 is 0 Å². The predicted octanol–water partition coefficient (Wildman–Crippen LogP) is 3.16. The Morgan fingerprint density at radius 2 is 2.29 bits per heavy atom. The van der Waals surface area contributed by atoms with E-state index in [2.05, 4.69) is 27.0 Å². The fraction of sp³-hybridized carbons (Fsp3) is 0.364. The number of nitrogens with zero attached hydrogens (tertiary/aromatic N) is 1. The zero-order valence-electron chi connectivity index (χ0n) is 7.66. The zero-order chi connectivity index (χ0) is 9.97. The van der Waals surface area contributed by atoms with Gasteiger partial charge >= 0.3 is 0 Å². The average molecular weight is 252 g/mol. The van der Waals surface area contributed by atoms with Crippen LogP contribution in [0.3, 0.4) is 0 Å². The minimum absolute atomic E-state index is 0.424. The maximum Gasteiger partial charge on any atom is 0.235 e. The summed E-state index contributed by atoms with van der Waals surface area (Å²) in [5.41, 5.74) is 2.42. The molecule has 1 fully saturated rings. The molecule has 0 heterocycles. The summed E-state index contributed by atoms with van der Waals surface area (Å²) in [5.74, 6) is 0.744. The van der Waals surface area contributed by atoms with Gasteiger partial charge in [-0.25, -0.2) is 9.79 Å². The lowest BCUT2D eigenvalue weighted by atomic mass is 10.1. The van der Waals surface area contributed by atoms with Crippen LogP contribution in [0.15, 0.2) is 27.7 Å². The summed E-state index contributed by atoms with van der Waals surface area (Å²) in [6.45, 7) is 0.424. The lowest BCUT2D eigenvalue weighted by Crippen LogP contribution is -1.86. The van der Waals surface area contributed by atoms with Gasteiger partial charge in [0.05, 0.1) is 6.54 Å². The molecule has 0 saturated heterocycles. The molecule has 14 heavy (non-hydrogen) atoms. The molecular formula is C11H10BrNO. The molecule has 0 atom stereocenters. The van der Waals surface area contributed by atoms with E-state index in [1.54, 1.807) is 6.08 Å². The molecule has 0 aromatic heterocycles. The van der Waals surface area contributed by atoms with E-state index in [9.17, 15) is 4.79 Å². The first-order valence-electron chi connectivity index (χ1n) is 4.63. The fourth-order valence-corrected chi connectivity index (χ4v) is 2.27. The van der Waals surface area contributed by atoms with Gasteiger partial charge in [0.1, 0.15) is 0 Å². The predicted molar refractivity (Wildman–Crippen MR) is 57.9 cm³/mol. The van der Waals surface area contributed by atoms with Crippen LogP contribution in [-0.4, -0.2) is 6.08 Å². The topological polar surface area (TPSA) is 29.4 Å². The van der Waals surface area contributed by atoms with E-state index in [-0.39, 0.29) is 0 Å². The van der Waals surface area contributed by atoms with E-state index < -0.39 is 0 Å². The number of hydrogen-bond donors (Lipinski definition) is 0. The van der Waals surface area contributed by atoms with Crippen molar-refractivity contribution in [2.45, 2.75) is 25.3 Å². The second-order valence-electron chi connectivity index (χ2n) is 3.54. The van der Waals surface area contributed by atoms with Crippen molar-refractivity contribution in [3.63, 3.8) is 0 Å². The van der Waals surface area contributed by atoms with E-state index in [1.165, 1.54) is 18.4 Å². The molecular weight excluding hydrogens is 242 g/mol. The van der Waals surface area contributed by atoms with Crippen LogP contribution in [0.1, 0.15) is 29.9 Å². The number of carbonyl (C=O) groups excluding carboxylic acids is 1. The molecule has 0 radical (unpaired) electrons. The summed E-state index contributed by atoms with van der Waals surface area (Å²) >= 11 is 3.54. The summed E-state index contributed by atoms with van der Waals surface area (Å²) in [4.78, 5) is 13.5. The van der Waals surface area contributed by atoms with Crippen LogP contribution in [-0.2, 0) is 11.3 Å². The quantitative estimate of drug-likeness (QED) is 0.600. The van der Waals surface area contributed by atoms with Gasteiger partial charge in [-0.2, -0.15) is 0 Å². The van der Waals surface area contributed by atoms with Crippen molar-refractivity contribution < 1.29 is 4.79 Å². The first-order valence-corrected chi connectivity index (χ1v) is 5.42. The van der Waals surface area contributed by atoms with Gasteiger partial charge in [0, 0.05) is 4.47 Å². The number of isocyanates is 1. The SMILES string of the molecule is O=C=NCc1ccc(C2CC2)c(Br)c1. The van der Waals surface area contributed by atoms with Crippen molar-refractivity contribution in [3.8, 4) is 0 Å². The van der Waals surface area contributed by atoms with Gasteiger partial charge in [-0.15, -0.1) is 0 Å². The van der Waals surface area contributed by atoms with Crippen molar-refractivity contribution in [3.05, 3.63) is 33.8 Å². The van der Waals surface area contributed by atoms with E-state index >= 15 is 0 Å². The molecule has 0 unspecified atom stereocenters. The maximum atomic E-state index is 9.94. The third-order valence-electron chi connectivity index (χ3n) is 2.41. The summed E-state index contributed by atoms with van der Waals surface area (Å²) in [5, 5.41) is 0. The van der Waals surface area contributed by atoms with Crippen LogP contribution in [0.5, 0.6) is 0 Å². The van der Waals surface area contributed by atoms with Crippen LogP contribution in [0, 0.1) is 0 Å². The van der Waals surface area contributed by atoms with Gasteiger partial charge in [-0.1, -0.05) is 28.1 Å². The first-order chi connectivity index (χ1) is 6.81. The summed E-state index contributed by atoms with van der Waals surface area (Å²) in [6, 6.07) is 6.19. The van der Waals surface area contributed by atoms with Crippen LogP contribution >= 0.6 is 15.9 Å². The number of aliphatic imine (C=N–C) groups is 1. The molecule has 3 heteroatoms. The van der Waals surface area contributed by atoms with E-state index in [0.29, 0.717) is 6.54 Å². The normalized spacial score (nSPS) is 14.9. The molecule has 1 aliphatic carbocycles. The monoisotopic (exact) mass is 251 g/mol. The van der Waals surface area contributed by atoms with Crippen molar-refractivity contribution in [2.24, 2.45) is 4.99 Å². The fourth-order valence-electron chi connectivity index (χ4n) is 1.52. The van der Waals surface area contributed by atoms with Gasteiger partial charge in [0.2, 0.25) is 6.08 Å². The van der Waals surface area contributed by atoms with Gasteiger partial charge in [-0.05, 0) is 36.0 Å². The molecule has 1 aromatic rings. The maximum absolute atomic E-state index is 9.94. The van der Waals surface area contributed by atoms with E-state index in [4.69, 9.17) is 0 Å². The number of benzene rings is 1. The van der Waals surface area contributed by atoms with Gasteiger partial charge in [-0.3, -0.25) is 0 Å². The molecule has 2 rings (SSSR count). The lowest BCUT2D eigenvalue weighted by Gasteiger charge is -2.03. The van der Waals surface area contributed by atoms with E-state index in [1.807, 2.05) is 12.1 Å². The van der Waals surface area contributed by atoms with Crippen LogP contribution in [0.4, 0.5) is 0 Å². The molecule has 0 spiro atoms. The molecule has 0 N–H and O–H groups in total. The highest BCUT2D eigenvalue weighted by atomic mass is 79.9. The third-order valence-corrected chi connectivity index (χ3v) is 3.09. The summed E-state index contributed by atoms with van der Waals surface area (Å²) < 4.78 is 1.14.